The Morgan fingerprint density at radius 2 is 1.72 bits per heavy atom. The van der Waals surface area contributed by atoms with Crippen molar-refractivity contribution < 1.29 is 4.57 Å². The molecule has 0 amide bonds. The molecule has 0 N–H and O–H groups in total. The van der Waals surface area contributed by atoms with Gasteiger partial charge in [-0.1, -0.05) is 0 Å². The van der Waals surface area contributed by atoms with E-state index < -0.39 is 13.3 Å². The van der Waals surface area contributed by atoms with Crippen LogP contribution < -0.4 is 8.96 Å². The zero-order valence-electron chi connectivity index (χ0n) is 17.7. The molecule has 0 radical (unpaired) electrons. The minimum atomic E-state index is -1.97. The van der Waals surface area contributed by atoms with Gasteiger partial charge in [-0.3, -0.25) is 0 Å². The van der Waals surface area contributed by atoms with Crippen molar-refractivity contribution in [1.82, 2.24) is 0 Å². The van der Waals surface area contributed by atoms with Crippen molar-refractivity contribution in [2.45, 2.75) is 64.2 Å². The van der Waals surface area contributed by atoms with E-state index in [9.17, 15) is 0 Å². The Balaban J connectivity index is 2.75. The molecule has 25 heavy (non-hydrogen) atoms. The van der Waals surface area contributed by atoms with Crippen LogP contribution in [0.5, 0.6) is 0 Å². The van der Waals surface area contributed by atoms with Crippen molar-refractivity contribution >= 4 is 17.7 Å². The van der Waals surface area contributed by atoms with Gasteiger partial charge in [-0.25, -0.2) is 0 Å². The molecule has 2 aromatic rings. The third-order valence-corrected chi connectivity index (χ3v) is 10.4. The van der Waals surface area contributed by atoms with Gasteiger partial charge in [0, 0.05) is 0 Å². The summed E-state index contributed by atoms with van der Waals surface area (Å²) in [4.78, 5) is 0. The molecule has 0 aliphatic heterocycles. The first-order chi connectivity index (χ1) is 11.5. The minimum absolute atomic E-state index is 0.311. The molecular weight excluding hydrogens is 363 g/mol. The number of benzene rings is 1. The Morgan fingerprint density at radius 1 is 1.12 bits per heavy atom. The van der Waals surface area contributed by atoms with Gasteiger partial charge < -0.3 is 0 Å². The van der Waals surface area contributed by atoms with E-state index >= 15 is 0 Å². The van der Waals surface area contributed by atoms with E-state index in [1.54, 1.807) is 9.96 Å². The summed E-state index contributed by atoms with van der Waals surface area (Å²) in [5.74, 6) is 8.09. The van der Waals surface area contributed by atoms with E-state index in [0.717, 1.165) is 0 Å². The second-order valence-corrected chi connectivity index (χ2v) is 19.8. The first-order valence-corrected chi connectivity index (χ1v) is 16.9. The average molecular weight is 399 g/mol. The number of aryl methyl sites for hydroxylation is 2. The standard InChI is InChI=1S/C23H36GeN/c1-10-23(4,5)18(3)20-15-22(19-14-12-11-13-17(19)2)25(9)16-21(20)24(6,7)8/h11-16,18H,10H2,1-9H3/q+1. The first-order valence-electron chi connectivity index (χ1n) is 9.59. The molecule has 0 aliphatic carbocycles. The molecule has 1 aromatic carbocycles. The van der Waals surface area contributed by atoms with Gasteiger partial charge in [0.15, 0.2) is 0 Å². The van der Waals surface area contributed by atoms with Crippen LogP contribution >= 0.6 is 0 Å². The van der Waals surface area contributed by atoms with Crippen LogP contribution in [0.25, 0.3) is 11.3 Å². The molecule has 0 fully saturated rings. The van der Waals surface area contributed by atoms with Gasteiger partial charge in [0.2, 0.25) is 0 Å². The molecule has 2 heteroatoms. The predicted molar refractivity (Wildman–Crippen MR) is 113 cm³/mol. The number of hydrogen-bond donors (Lipinski definition) is 0. The third-order valence-electron chi connectivity index (χ3n) is 6.08. The van der Waals surface area contributed by atoms with Crippen molar-refractivity contribution in [3.8, 4) is 11.3 Å². The normalized spacial score (nSPS) is 13.8. The summed E-state index contributed by atoms with van der Waals surface area (Å²) in [7, 11) is 2.21. The van der Waals surface area contributed by atoms with Crippen molar-refractivity contribution in [3.05, 3.63) is 47.7 Å². The number of rotatable bonds is 5. The van der Waals surface area contributed by atoms with Gasteiger partial charge in [0.25, 0.3) is 0 Å². The Morgan fingerprint density at radius 3 is 2.24 bits per heavy atom. The topological polar surface area (TPSA) is 3.88 Å². The van der Waals surface area contributed by atoms with Crippen LogP contribution in [0.3, 0.4) is 0 Å². The third kappa shape index (κ3) is 4.19. The second kappa shape index (κ2) is 7.27. The molecule has 1 atom stereocenters. The Kier molecular flexibility index (Phi) is 5.88. The molecule has 1 unspecified atom stereocenters. The molecule has 1 nitrogen and oxygen atoms in total. The van der Waals surface area contributed by atoms with E-state index in [1.807, 2.05) is 0 Å². The van der Waals surface area contributed by atoms with Crippen LogP contribution in [0.2, 0.25) is 17.3 Å². The molecule has 0 bridgehead atoms. The summed E-state index contributed by atoms with van der Waals surface area (Å²) in [5.41, 5.74) is 5.92. The fourth-order valence-electron chi connectivity index (χ4n) is 3.50. The summed E-state index contributed by atoms with van der Waals surface area (Å²) in [5, 5.41) is 0. The molecule has 1 aromatic heterocycles. The predicted octanol–water partition coefficient (Wildman–Crippen LogP) is 5.57. The molecule has 0 saturated heterocycles. The van der Waals surface area contributed by atoms with Gasteiger partial charge in [-0.15, -0.1) is 0 Å². The van der Waals surface area contributed by atoms with Crippen LogP contribution in [0, 0.1) is 12.3 Å². The van der Waals surface area contributed by atoms with E-state index in [4.69, 9.17) is 0 Å². The van der Waals surface area contributed by atoms with Gasteiger partial charge in [-0.05, 0) is 0 Å². The van der Waals surface area contributed by atoms with Crippen molar-refractivity contribution in [1.29, 1.82) is 0 Å². The summed E-state index contributed by atoms with van der Waals surface area (Å²) >= 11 is -1.97. The maximum absolute atomic E-state index is 2.51. The SMILES string of the molecule is CCC(C)(C)C(C)c1cc(-c2ccccc2C)[n+](C)c[c]1[Ge]([CH3])([CH3])[CH3]. The zero-order chi connectivity index (χ0) is 19.0. The van der Waals surface area contributed by atoms with Crippen LogP contribution in [0.15, 0.2) is 36.5 Å². The molecule has 0 aliphatic rings. The number of aromatic nitrogens is 1. The first kappa shape index (κ1) is 20.2. The van der Waals surface area contributed by atoms with Crippen LogP contribution in [0.4, 0.5) is 0 Å². The molecule has 2 rings (SSSR count). The summed E-state index contributed by atoms with van der Waals surface area (Å²) < 4.78 is 4.00. The molecule has 136 valence electrons. The quantitative estimate of drug-likeness (QED) is 0.457. The number of pyridine rings is 1. The Hall–Kier alpha value is -1.09. The summed E-state index contributed by atoms with van der Waals surface area (Å²) in [6.45, 7) is 11.8. The average Bonchev–Trinajstić information content (AvgIpc) is 2.54. The Bertz CT molecular complexity index is 753. The van der Waals surface area contributed by atoms with E-state index in [1.165, 1.54) is 23.2 Å². The molecule has 0 saturated carbocycles. The molecular formula is C23H36GeN+. The fourth-order valence-corrected chi connectivity index (χ4v) is 7.15. The number of nitrogens with zero attached hydrogens (tertiary/aromatic N) is 1. The van der Waals surface area contributed by atoms with Crippen LogP contribution in [0.1, 0.15) is 51.2 Å². The zero-order valence-corrected chi connectivity index (χ0v) is 19.8. The second-order valence-electron chi connectivity index (χ2n) is 9.27. The number of hydrogen-bond acceptors (Lipinski definition) is 0. The van der Waals surface area contributed by atoms with E-state index in [-0.39, 0.29) is 0 Å². The monoisotopic (exact) mass is 400 g/mol. The van der Waals surface area contributed by atoms with Gasteiger partial charge >= 0.3 is 158 Å². The van der Waals surface area contributed by atoms with Gasteiger partial charge in [-0.2, -0.15) is 0 Å². The van der Waals surface area contributed by atoms with Crippen LogP contribution in [-0.4, -0.2) is 13.3 Å². The maximum atomic E-state index is 2.51. The summed E-state index contributed by atoms with van der Waals surface area (Å²) in [6, 6.07) is 11.2. The van der Waals surface area contributed by atoms with Crippen molar-refractivity contribution in [3.63, 3.8) is 0 Å². The van der Waals surface area contributed by atoms with Crippen molar-refractivity contribution in [2.75, 3.05) is 0 Å². The summed E-state index contributed by atoms with van der Waals surface area (Å²) in [6.07, 6.45) is 3.64. The fraction of sp³-hybridized carbons (Fsp3) is 0.522. The van der Waals surface area contributed by atoms with Crippen LogP contribution in [-0.2, 0) is 7.05 Å². The van der Waals surface area contributed by atoms with E-state index in [2.05, 4.69) is 100 Å². The van der Waals surface area contributed by atoms with Gasteiger partial charge in [0.05, 0.1) is 0 Å². The van der Waals surface area contributed by atoms with E-state index in [0.29, 0.717) is 11.3 Å². The van der Waals surface area contributed by atoms with Crippen molar-refractivity contribution in [2.24, 2.45) is 12.5 Å². The molecule has 0 spiro atoms. The van der Waals surface area contributed by atoms with Gasteiger partial charge in [0.1, 0.15) is 0 Å². The molecule has 1 heterocycles. The Labute approximate surface area is 157 Å².